The van der Waals surface area contributed by atoms with E-state index in [1.54, 1.807) is 6.08 Å². The molecular weight excluding hydrogens is 396 g/mol. The zero-order valence-electron chi connectivity index (χ0n) is 16.8. The summed E-state index contributed by atoms with van der Waals surface area (Å²) in [4.78, 5) is 24.8. The summed E-state index contributed by atoms with van der Waals surface area (Å²) >= 11 is 0. The largest absolute Gasteiger partial charge is 0.458 e. The monoisotopic (exact) mass is 424 g/mol. The average Bonchev–Trinajstić information content (AvgIpc) is 2.98. The van der Waals surface area contributed by atoms with E-state index < -0.39 is 55.4 Å². The lowest BCUT2D eigenvalue weighted by molar-refractivity contribution is -0.291. The molecule has 0 bridgehead atoms. The first kappa shape index (κ1) is 22.6. The fraction of sp³-hybridized carbons (Fsp3) is 0.619. The van der Waals surface area contributed by atoms with Crippen LogP contribution in [0.15, 0.2) is 35.5 Å². The lowest BCUT2D eigenvalue weighted by Gasteiger charge is -2.39. The van der Waals surface area contributed by atoms with Crippen LogP contribution in [-0.2, 0) is 23.8 Å². The van der Waals surface area contributed by atoms with E-state index in [0.29, 0.717) is 18.4 Å². The van der Waals surface area contributed by atoms with E-state index in [1.165, 1.54) is 0 Å². The molecule has 2 fully saturated rings. The summed E-state index contributed by atoms with van der Waals surface area (Å²) in [7, 11) is 0. The minimum atomic E-state index is -1.69. The Labute approximate surface area is 174 Å². The smallest absolute Gasteiger partial charge is 0.336 e. The minimum Gasteiger partial charge on any atom is -0.458 e. The van der Waals surface area contributed by atoms with Gasteiger partial charge in [0.05, 0.1) is 6.61 Å². The van der Waals surface area contributed by atoms with E-state index in [0.717, 1.165) is 12.0 Å². The van der Waals surface area contributed by atoms with E-state index in [2.05, 4.69) is 12.7 Å². The third-order valence-corrected chi connectivity index (χ3v) is 5.82. The summed E-state index contributed by atoms with van der Waals surface area (Å²) in [5.74, 6) is -1.54. The number of hydrogen-bond acceptors (Lipinski definition) is 9. The molecule has 3 aliphatic rings. The van der Waals surface area contributed by atoms with Crippen LogP contribution in [0.5, 0.6) is 0 Å². The maximum absolute atomic E-state index is 12.8. The number of ether oxygens (including phenoxy) is 3. The van der Waals surface area contributed by atoms with Gasteiger partial charge < -0.3 is 34.6 Å². The van der Waals surface area contributed by atoms with Gasteiger partial charge in [0.1, 0.15) is 30.5 Å². The predicted molar refractivity (Wildman–Crippen MR) is 103 cm³/mol. The van der Waals surface area contributed by atoms with Gasteiger partial charge in [0, 0.05) is 23.5 Å². The molecule has 2 heterocycles. The molecule has 0 aromatic rings. The molecule has 4 N–H and O–H groups in total. The first-order valence-corrected chi connectivity index (χ1v) is 9.98. The van der Waals surface area contributed by atoms with Crippen molar-refractivity contribution in [2.75, 3.05) is 6.61 Å². The van der Waals surface area contributed by atoms with Crippen LogP contribution >= 0.6 is 0 Å². The molecule has 0 spiro atoms. The maximum Gasteiger partial charge on any atom is 0.336 e. The maximum atomic E-state index is 12.8. The molecule has 0 radical (unpaired) electrons. The van der Waals surface area contributed by atoms with Crippen molar-refractivity contribution in [2.45, 2.75) is 69.4 Å². The van der Waals surface area contributed by atoms with Gasteiger partial charge in [-0.05, 0) is 26.2 Å². The number of rotatable bonds is 3. The Hall–Kier alpha value is -2.04. The first-order valence-electron chi connectivity index (χ1n) is 9.98. The molecule has 0 saturated carbocycles. The van der Waals surface area contributed by atoms with Crippen molar-refractivity contribution in [1.82, 2.24) is 0 Å². The molecule has 0 amide bonds. The van der Waals surface area contributed by atoms with Crippen molar-refractivity contribution in [2.24, 2.45) is 5.92 Å². The zero-order chi connectivity index (χ0) is 22.0. The number of allylic oxidation sites excluding steroid dienone is 3. The summed E-state index contributed by atoms with van der Waals surface area (Å²) in [5, 5.41) is 39.1. The van der Waals surface area contributed by atoms with Gasteiger partial charge in [-0.3, -0.25) is 0 Å². The normalized spacial score (nSPS) is 41.0. The van der Waals surface area contributed by atoms with E-state index in [4.69, 9.17) is 14.2 Å². The Morgan fingerprint density at radius 1 is 1.23 bits per heavy atom. The van der Waals surface area contributed by atoms with E-state index >= 15 is 0 Å². The second-order valence-corrected chi connectivity index (χ2v) is 7.94. The topological polar surface area (TPSA) is 143 Å². The van der Waals surface area contributed by atoms with Gasteiger partial charge in [-0.15, -0.1) is 0 Å². The van der Waals surface area contributed by atoms with Crippen molar-refractivity contribution in [3.05, 3.63) is 35.5 Å². The molecule has 2 saturated heterocycles. The molecular formula is C21H28O9. The highest BCUT2D eigenvalue weighted by Gasteiger charge is 2.46. The molecule has 0 aromatic carbocycles. The molecule has 0 aromatic heterocycles. The minimum absolute atomic E-state index is 0.110. The number of aliphatic hydroxyl groups is 4. The Morgan fingerprint density at radius 3 is 2.67 bits per heavy atom. The summed E-state index contributed by atoms with van der Waals surface area (Å²) in [6.07, 6.45) is -2.49. The van der Waals surface area contributed by atoms with Gasteiger partial charge in [0.25, 0.3) is 0 Å². The fourth-order valence-electron chi connectivity index (χ4n) is 3.87. The predicted octanol–water partition coefficient (Wildman–Crippen LogP) is -0.126. The van der Waals surface area contributed by atoms with Crippen molar-refractivity contribution in [1.29, 1.82) is 0 Å². The average molecular weight is 424 g/mol. The van der Waals surface area contributed by atoms with Crippen molar-refractivity contribution >= 4 is 11.9 Å². The molecule has 9 nitrogen and oxygen atoms in total. The van der Waals surface area contributed by atoms with Gasteiger partial charge in [-0.25, -0.2) is 9.59 Å². The zero-order valence-corrected chi connectivity index (χ0v) is 16.8. The summed E-state index contributed by atoms with van der Waals surface area (Å²) in [6.45, 7) is 5.15. The molecule has 7 atom stereocenters. The van der Waals surface area contributed by atoms with Crippen molar-refractivity contribution in [3.63, 3.8) is 0 Å². The van der Waals surface area contributed by atoms with Crippen LogP contribution in [0.3, 0.4) is 0 Å². The van der Waals surface area contributed by atoms with Crippen LogP contribution < -0.4 is 0 Å². The number of hydrogen-bond donors (Lipinski definition) is 4. The van der Waals surface area contributed by atoms with E-state index in [9.17, 15) is 30.0 Å². The molecule has 3 rings (SSSR count). The van der Waals surface area contributed by atoms with Gasteiger partial charge in [-0.1, -0.05) is 24.3 Å². The van der Waals surface area contributed by atoms with Crippen LogP contribution in [-0.4, -0.2) is 75.8 Å². The molecule has 166 valence electrons. The number of carbonyl (C=O) groups is 2. The highest BCUT2D eigenvalue weighted by Crippen LogP contribution is 2.35. The number of carbonyl (C=O) groups excluding carboxylic acids is 2. The SMILES string of the molecule is C=C1C(=O)O[C@H]2C/C(C(=O)O[C@@H]3O[C@H](CO)[C@@H](O)[C@H](O)[C@H]3O)=C/CC/C(C)=C/C[C@H]12. The third-order valence-electron chi connectivity index (χ3n) is 5.82. The van der Waals surface area contributed by atoms with Crippen LogP contribution in [0.1, 0.15) is 32.6 Å². The highest BCUT2D eigenvalue weighted by atomic mass is 16.7. The second kappa shape index (κ2) is 9.40. The summed E-state index contributed by atoms with van der Waals surface area (Å²) in [5.41, 5.74) is 1.73. The lowest BCUT2D eigenvalue weighted by Crippen LogP contribution is -2.59. The van der Waals surface area contributed by atoms with Gasteiger partial charge >= 0.3 is 11.9 Å². The fourth-order valence-corrected chi connectivity index (χ4v) is 3.87. The van der Waals surface area contributed by atoms with Crippen molar-refractivity contribution in [3.8, 4) is 0 Å². The van der Waals surface area contributed by atoms with Gasteiger partial charge in [0.15, 0.2) is 0 Å². The summed E-state index contributed by atoms with van der Waals surface area (Å²) < 4.78 is 15.9. The molecule has 30 heavy (non-hydrogen) atoms. The Morgan fingerprint density at radius 2 is 1.97 bits per heavy atom. The van der Waals surface area contributed by atoms with Gasteiger partial charge in [-0.2, -0.15) is 0 Å². The number of fused-ring (bicyclic) bond motifs is 1. The molecule has 9 heteroatoms. The van der Waals surface area contributed by atoms with Gasteiger partial charge in [0.2, 0.25) is 6.29 Å². The summed E-state index contributed by atoms with van der Waals surface area (Å²) in [6, 6.07) is 0. The standard InChI is InChI=1S/C21H28O9/c1-10-4-3-5-12(8-14-13(7-6-10)11(2)19(26)28-14)20(27)30-21-18(25)17(24)16(23)15(9-22)29-21/h5-6,13-18,21-25H,2-4,7-9H2,1H3/b10-6+,12-5-/t13-,14+,15-,16-,17+,18-,21+/m1/s1. The van der Waals surface area contributed by atoms with E-state index in [1.807, 2.05) is 6.92 Å². The first-order chi connectivity index (χ1) is 14.2. The van der Waals surface area contributed by atoms with Crippen LogP contribution in [0.4, 0.5) is 0 Å². The third kappa shape index (κ3) is 4.65. The molecule has 1 aliphatic carbocycles. The van der Waals surface area contributed by atoms with Crippen LogP contribution in [0.2, 0.25) is 0 Å². The Kier molecular flexibility index (Phi) is 7.10. The highest BCUT2D eigenvalue weighted by molar-refractivity contribution is 5.92. The number of esters is 2. The Balaban J connectivity index is 1.77. The molecule has 0 unspecified atom stereocenters. The van der Waals surface area contributed by atoms with E-state index in [-0.39, 0.29) is 17.9 Å². The van der Waals surface area contributed by atoms with Crippen molar-refractivity contribution < 1.29 is 44.2 Å². The quantitative estimate of drug-likeness (QED) is 0.277. The van der Waals surface area contributed by atoms with Crippen LogP contribution in [0.25, 0.3) is 0 Å². The Bertz CT molecular complexity index is 754. The second-order valence-electron chi connectivity index (χ2n) is 7.94. The number of aliphatic hydroxyl groups excluding tert-OH is 4. The lowest BCUT2D eigenvalue weighted by atomic mass is 9.87. The molecule has 2 aliphatic heterocycles. The van der Waals surface area contributed by atoms with Crippen LogP contribution in [0, 0.1) is 5.92 Å².